The first-order valence-electron chi connectivity index (χ1n) is 6.31. The molecule has 1 saturated carbocycles. The van der Waals surface area contributed by atoms with Gasteiger partial charge in [0.15, 0.2) is 0 Å². The van der Waals surface area contributed by atoms with Crippen LogP contribution in [-0.4, -0.2) is 18.5 Å². The minimum atomic E-state index is -0.0268. The molecule has 0 aliphatic heterocycles. The minimum absolute atomic E-state index is 0.0268. The molecule has 0 aromatic heterocycles. The van der Waals surface area contributed by atoms with Gasteiger partial charge in [-0.3, -0.25) is 4.79 Å². The van der Waals surface area contributed by atoms with Gasteiger partial charge in [0, 0.05) is 11.6 Å². The Hall–Kier alpha value is -1.79. The van der Waals surface area contributed by atoms with Gasteiger partial charge >= 0.3 is 0 Å². The molecule has 0 heterocycles. The summed E-state index contributed by atoms with van der Waals surface area (Å²) >= 11 is 0. The normalized spacial score (nSPS) is 14.3. The average molecular weight is 242 g/mol. The van der Waals surface area contributed by atoms with E-state index in [1.807, 2.05) is 25.1 Å². The van der Waals surface area contributed by atoms with Gasteiger partial charge in [0.05, 0.1) is 12.1 Å². The Morgan fingerprint density at radius 1 is 1.50 bits per heavy atom. The average Bonchev–Trinajstić information content (AvgIpc) is 2.31. The molecule has 1 aliphatic rings. The Labute approximate surface area is 108 Å². The first kappa shape index (κ1) is 12.7. The highest BCUT2D eigenvalue weighted by molar-refractivity contribution is 5.97. The standard InChI is InChI=1S/C15H18N2O/c1-11-7-8-14(12(10-11)4-3-9-16)15(18)17-13-5-2-6-13/h7-8,10,13H,2,5-6,9,16H2,1H3,(H,17,18). The van der Waals surface area contributed by atoms with Crippen LogP contribution in [0.2, 0.25) is 0 Å². The Morgan fingerprint density at radius 3 is 2.89 bits per heavy atom. The van der Waals surface area contributed by atoms with E-state index in [1.165, 1.54) is 6.42 Å². The van der Waals surface area contributed by atoms with Gasteiger partial charge in [-0.1, -0.05) is 17.9 Å². The van der Waals surface area contributed by atoms with Crippen molar-refractivity contribution in [1.29, 1.82) is 0 Å². The molecule has 1 aliphatic carbocycles. The fourth-order valence-electron chi connectivity index (χ4n) is 1.92. The molecule has 0 radical (unpaired) electrons. The minimum Gasteiger partial charge on any atom is -0.349 e. The molecule has 1 fully saturated rings. The fraction of sp³-hybridized carbons (Fsp3) is 0.400. The topological polar surface area (TPSA) is 55.1 Å². The van der Waals surface area contributed by atoms with Crippen LogP contribution < -0.4 is 11.1 Å². The third-order valence-electron chi connectivity index (χ3n) is 3.19. The Balaban J connectivity index is 2.21. The monoisotopic (exact) mass is 242 g/mol. The SMILES string of the molecule is Cc1ccc(C(=O)NC2CCC2)c(C#CCN)c1. The van der Waals surface area contributed by atoms with Crippen LogP contribution in [0.5, 0.6) is 0 Å². The van der Waals surface area contributed by atoms with Gasteiger partial charge in [0.25, 0.3) is 5.91 Å². The predicted molar refractivity (Wildman–Crippen MR) is 72.2 cm³/mol. The lowest BCUT2D eigenvalue weighted by Gasteiger charge is -2.26. The molecule has 0 spiro atoms. The lowest BCUT2D eigenvalue weighted by atomic mass is 9.92. The molecule has 2 rings (SSSR count). The summed E-state index contributed by atoms with van der Waals surface area (Å²) in [6, 6.07) is 6.04. The molecule has 0 atom stereocenters. The maximum atomic E-state index is 12.1. The van der Waals surface area contributed by atoms with Crippen molar-refractivity contribution in [3.05, 3.63) is 34.9 Å². The van der Waals surface area contributed by atoms with Crippen molar-refractivity contribution >= 4 is 5.91 Å². The van der Waals surface area contributed by atoms with E-state index in [0.29, 0.717) is 18.2 Å². The summed E-state index contributed by atoms with van der Waals surface area (Å²) in [5.74, 6) is 5.75. The van der Waals surface area contributed by atoms with E-state index < -0.39 is 0 Å². The molecule has 0 unspecified atom stereocenters. The predicted octanol–water partition coefficient (Wildman–Crippen LogP) is 1.59. The molecule has 0 saturated heterocycles. The van der Waals surface area contributed by atoms with Crippen molar-refractivity contribution in [2.45, 2.75) is 32.2 Å². The van der Waals surface area contributed by atoms with Crippen LogP contribution >= 0.6 is 0 Å². The largest absolute Gasteiger partial charge is 0.349 e. The van der Waals surface area contributed by atoms with Gasteiger partial charge in [-0.05, 0) is 43.9 Å². The summed E-state index contributed by atoms with van der Waals surface area (Å²) < 4.78 is 0. The highest BCUT2D eigenvalue weighted by Crippen LogP contribution is 2.19. The van der Waals surface area contributed by atoms with Gasteiger partial charge in [-0.2, -0.15) is 0 Å². The second-order valence-electron chi connectivity index (χ2n) is 4.66. The molecule has 3 heteroatoms. The third-order valence-corrected chi connectivity index (χ3v) is 3.19. The molecule has 94 valence electrons. The van der Waals surface area contributed by atoms with Gasteiger partial charge < -0.3 is 11.1 Å². The summed E-state index contributed by atoms with van der Waals surface area (Å²) in [6.45, 7) is 2.29. The van der Waals surface area contributed by atoms with E-state index in [-0.39, 0.29) is 5.91 Å². The van der Waals surface area contributed by atoms with Gasteiger partial charge in [-0.15, -0.1) is 0 Å². The second-order valence-corrected chi connectivity index (χ2v) is 4.66. The lowest BCUT2D eigenvalue weighted by Crippen LogP contribution is -2.39. The van der Waals surface area contributed by atoms with Crippen LogP contribution in [0, 0.1) is 18.8 Å². The molecule has 18 heavy (non-hydrogen) atoms. The molecule has 1 aromatic carbocycles. The zero-order valence-electron chi connectivity index (χ0n) is 10.6. The Kier molecular flexibility index (Phi) is 4.01. The maximum absolute atomic E-state index is 12.1. The Morgan fingerprint density at radius 2 is 2.28 bits per heavy atom. The van der Waals surface area contributed by atoms with E-state index in [4.69, 9.17) is 5.73 Å². The van der Waals surface area contributed by atoms with Crippen LogP contribution in [0.15, 0.2) is 18.2 Å². The van der Waals surface area contributed by atoms with Gasteiger partial charge in [-0.25, -0.2) is 0 Å². The molecular formula is C15H18N2O. The van der Waals surface area contributed by atoms with Crippen LogP contribution in [0.4, 0.5) is 0 Å². The van der Waals surface area contributed by atoms with E-state index in [2.05, 4.69) is 17.2 Å². The third kappa shape index (κ3) is 2.91. The van der Waals surface area contributed by atoms with Gasteiger partial charge in [0.1, 0.15) is 0 Å². The van der Waals surface area contributed by atoms with Gasteiger partial charge in [0.2, 0.25) is 0 Å². The summed E-state index contributed by atoms with van der Waals surface area (Å²) in [5.41, 5.74) is 7.88. The van der Waals surface area contributed by atoms with E-state index >= 15 is 0 Å². The van der Waals surface area contributed by atoms with E-state index in [1.54, 1.807) is 0 Å². The van der Waals surface area contributed by atoms with E-state index in [9.17, 15) is 4.79 Å². The summed E-state index contributed by atoms with van der Waals surface area (Å²) in [4.78, 5) is 12.1. The fourth-order valence-corrected chi connectivity index (χ4v) is 1.92. The van der Waals surface area contributed by atoms with E-state index in [0.717, 1.165) is 24.0 Å². The molecule has 1 amide bonds. The number of aryl methyl sites for hydroxylation is 1. The molecule has 3 N–H and O–H groups in total. The lowest BCUT2D eigenvalue weighted by molar-refractivity contribution is 0.0917. The number of carbonyl (C=O) groups is 1. The van der Waals surface area contributed by atoms with Crippen molar-refractivity contribution in [1.82, 2.24) is 5.32 Å². The molecule has 1 aromatic rings. The van der Waals surface area contributed by atoms with Crippen LogP contribution in [0.25, 0.3) is 0 Å². The summed E-state index contributed by atoms with van der Waals surface area (Å²) in [7, 11) is 0. The number of hydrogen-bond acceptors (Lipinski definition) is 2. The first-order valence-corrected chi connectivity index (χ1v) is 6.31. The number of hydrogen-bond donors (Lipinski definition) is 2. The number of carbonyl (C=O) groups excluding carboxylic acids is 1. The van der Waals surface area contributed by atoms with Crippen molar-refractivity contribution in [3.8, 4) is 11.8 Å². The quantitative estimate of drug-likeness (QED) is 0.774. The zero-order chi connectivity index (χ0) is 13.0. The highest BCUT2D eigenvalue weighted by Gasteiger charge is 2.21. The number of nitrogens with two attached hydrogens (primary N) is 1. The first-order chi connectivity index (χ1) is 8.70. The number of amides is 1. The van der Waals surface area contributed by atoms with Crippen molar-refractivity contribution in [2.24, 2.45) is 5.73 Å². The zero-order valence-corrected chi connectivity index (χ0v) is 10.6. The highest BCUT2D eigenvalue weighted by atomic mass is 16.1. The Bertz CT molecular complexity index is 507. The number of nitrogens with one attached hydrogen (secondary N) is 1. The van der Waals surface area contributed by atoms with Crippen molar-refractivity contribution in [3.63, 3.8) is 0 Å². The van der Waals surface area contributed by atoms with Crippen LogP contribution in [0.1, 0.15) is 40.7 Å². The van der Waals surface area contributed by atoms with Crippen LogP contribution in [-0.2, 0) is 0 Å². The second kappa shape index (κ2) is 5.70. The summed E-state index contributed by atoms with van der Waals surface area (Å²) in [5, 5.41) is 3.03. The summed E-state index contributed by atoms with van der Waals surface area (Å²) in [6.07, 6.45) is 3.38. The number of benzene rings is 1. The van der Waals surface area contributed by atoms with Crippen molar-refractivity contribution in [2.75, 3.05) is 6.54 Å². The molecule has 0 bridgehead atoms. The number of rotatable bonds is 2. The molecule has 3 nitrogen and oxygen atoms in total. The smallest absolute Gasteiger partial charge is 0.252 e. The van der Waals surface area contributed by atoms with Crippen molar-refractivity contribution < 1.29 is 4.79 Å². The maximum Gasteiger partial charge on any atom is 0.252 e. The van der Waals surface area contributed by atoms with Crippen LogP contribution in [0.3, 0.4) is 0 Å². The molecular weight excluding hydrogens is 224 g/mol.